The SMILES string of the molecule is Cc1ccc2ncnc(NCC(=O)NC3CN(C4CCC(c5ccccc5C#N)CC4)C3)c2c1. The lowest BCUT2D eigenvalue weighted by Crippen LogP contribution is -2.63. The summed E-state index contributed by atoms with van der Waals surface area (Å²) in [7, 11) is 0. The predicted molar refractivity (Wildman–Crippen MR) is 132 cm³/mol. The van der Waals surface area contributed by atoms with Crippen LogP contribution in [0, 0.1) is 18.3 Å². The smallest absolute Gasteiger partial charge is 0.239 e. The summed E-state index contributed by atoms with van der Waals surface area (Å²) in [5.74, 6) is 1.16. The third-order valence-corrected chi connectivity index (χ3v) is 7.22. The van der Waals surface area contributed by atoms with E-state index in [4.69, 9.17) is 0 Å². The van der Waals surface area contributed by atoms with Crippen molar-refractivity contribution in [2.75, 3.05) is 25.0 Å². The van der Waals surface area contributed by atoms with E-state index in [1.807, 2.05) is 43.3 Å². The van der Waals surface area contributed by atoms with Crippen molar-refractivity contribution in [3.8, 4) is 6.07 Å². The van der Waals surface area contributed by atoms with Gasteiger partial charge in [-0.1, -0.05) is 29.8 Å². The van der Waals surface area contributed by atoms with E-state index in [0.717, 1.165) is 60.8 Å². The highest BCUT2D eigenvalue weighted by Gasteiger charge is 2.35. The molecule has 5 rings (SSSR count). The van der Waals surface area contributed by atoms with Crippen molar-refractivity contribution in [2.24, 2.45) is 0 Å². The maximum absolute atomic E-state index is 12.5. The minimum atomic E-state index is -0.0131. The van der Waals surface area contributed by atoms with Crippen LogP contribution in [0.3, 0.4) is 0 Å². The van der Waals surface area contributed by atoms with Gasteiger partial charge in [0.05, 0.1) is 29.7 Å². The van der Waals surface area contributed by atoms with Gasteiger partial charge in [0.15, 0.2) is 0 Å². The maximum Gasteiger partial charge on any atom is 0.239 e. The predicted octanol–water partition coefficient (Wildman–Crippen LogP) is 3.75. The maximum atomic E-state index is 12.5. The van der Waals surface area contributed by atoms with Crippen molar-refractivity contribution in [2.45, 2.75) is 50.6 Å². The standard InChI is InChI=1S/C27H30N6O/c1-18-6-11-25-24(12-18)27(31-17-30-25)29-14-26(34)32-21-15-33(16-21)22-9-7-19(8-10-22)23-5-3-2-4-20(23)13-28/h2-6,11-12,17,19,21-22H,7-10,14-16H2,1H3,(H,32,34)(H,29,30,31). The minimum absolute atomic E-state index is 0.0131. The minimum Gasteiger partial charge on any atom is -0.360 e. The van der Waals surface area contributed by atoms with Crippen molar-refractivity contribution in [3.63, 3.8) is 0 Å². The Morgan fingerprint density at radius 2 is 1.91 bits per heavy atom. The molecule has 0 unspecified atom stereocenters. The molecule has 1 amide bonds. The molecule has 1 aromatic heterocycles. The summed E-state index contributed by atoms with van der Waals surface area (Å²) in [6, 6.07) is 17.2. The van der Waals surface area contributed by atoms with Crippen molar-refractivity contribution in [1.82, 2.24) is 20.2 Å². The number of likely N-dealkylation sites (tertiary alicyclic amines) is 1. The Kier molecular flexibility index (Phi) is 6.41. The first-order chi connectivity index (χ1) is 16.6. The van der Waals surface area contributed by atoms with Gasteiger partial charge >= 0.3 is 0 Å². The van der Waals surface area contributed by atoms with Gasteiger partial charge in [-0.05, 0) is 62.3 Å². The van der Waals surface area contributed by atoms with Crippen LogP contribution in [0.1, 0.15) is 48.3 Å². The third-order valence-electron chi connectivity index (χ3n) is 7.22. The zero-order valence-electron chi connectivity index (χ0n) is 19.5. The molecule has 174 valence electrons. The second-order valence-electron chi connectivity index (χ2n) is 9.52. The lowest BCUT2D eigenvalue weighted by Gasteiger charge is -2.46. The number of hydrogen-bond donors (Lipinski definition) is 2. The number of nitrogens with zero attached hydrogens (tertiary/aromatic N) is 4. The fourth-order valence-electron chi connectivity index (χ4n) is 5.36. The van der Waals surface area contributed by atoms with E-state index in [-0.39, 0.29) is 18.5 Å². The van der Waals surface area contributed by atoms with Gasteiger partial charge in [0, 0.05) is 24.5 Å². The van der Waals surface area contributed by atoms with Crippen LogP contribution in [0.5, 0.6) is 0 Å². The zero-order valence-corrected chi connectivity index (χ0v) is 19.5. The molecule has 0 atom stereocenters. The Bertz CT molecular complexity index is 1220. The van der Waals surface area contributed by atoms with Crippen molar-refractivity contribution in [3.05, 3.63) is 65.5 Å². The van der Waals surface area contributed by atoms with Crippen LogP contribution in [0.4, 0.5) is 5.82 Å². The highest BCUT2D eigenvalue weighted by atomic mass is 16.2. The molecule has 1 aliphatic heterocycles. The van der Waals surface area contributed by atoms with Gasteiger partial charge in [-0.15, -0.1) is 0 Å². The summed E-state index contributed by atoms with van der Waals surface area (Å²) in [4.78, 5) is 23.6. The molecule has 34 heavy (non-hydrogen) atoms. The Morgan fingerprint density at radius 1 is 1.12 bits per heavy atom. The number of rotatable bonds is 6. The molecule has 7 nitrogen and oxygen atoms in total. The second-order valence-corrected chi connectivity index (χ2v) is 9.52. The molecule has 0 bridgehead atoms. The topological polar surface area (TPSA) is 93.9 Å². The number of hydrogen-bond acceptors (Lipinski definition) is 6. The summed E-state index contributed by atoms with van der Waals surface area (Å²) in [5.41, 5.74) is 4.02. The fraction of sp³-hybridized carbons (Fsp3) is 0.407. The molecule has 0 radical (unpaired) electrons. The molecule has 1 saturated heterocycles. The van der Waals surface area contributed by atoms with Gasteiger partial charge in [0.1, 0.15) is 12.1 Å². The summed E-state index contributed by atoms with van der Waals surface area (Å²) in [5, 5.41) is 16.6. The van der Waals surface area contributed by atoms with Gasteiger partial charge in [0.25, 0.3) is 0 Å². The first-order valence-corrected chi connectivity index (χ1v) is 12.1. The highest BCUT2D eigenvalue weighted by molar-refractivity contribution is 5.91. The van der Waals surface area contributed by atoms with Gasteiger partial charge in [-0.25, -0.2) is 9.97 Å². The average Bonchev–Trinajstić information content (AvgIpc) is 2.85. The van der Waals surface area contributed by atoms with Crippen LogP contribution in [-0.2, 0) is 4.79 Å². The lowest BCUT2D eigenvalue weighted by atomic mass is 9.79. The van der Waals surface area contributed by atoms with E-state index in [1.165, 1.54) is 11.9 Å². The van der Waals surface area contributed by atoms with E-state index in [9.17, 15) is 10.1 Å². The fourth-order valence-corrected chi connectivity index (χ4v) is 5.36. The highest BCUT2D eigenvalue weighted by Crippen LogP contribution is 2.37. The number of anilines is 1. The lowest BCUT2D eigenvalue weighted by molar-refractivity contribution is -0.121. The Morgan fingerprint density at radius 3 is 2.71 bits per heavy atom. The van der Waals surface area contributed by atoms with Gasteiger partial charge in [-0.2, -0.15) is 5.26 Å². The molecule has 2 heterocycles. The molecule has 1 aliphatic carbocycles. The van der Waals surface area contributed by atoms with Crippen molar-refractivity contribution in [1.29, 1.82) is 5.26 Å². The molecule has 3 aromatic rings. The van der Waals surface area contributed by atoms with Crippen LogP contribution in [-0.4, -0.2) is 52.5 Å². The molecule has 7 heteroatoms. The third kappa shape index (κ3) is 4.73. The molecular formula is C27H30N6O. The van der Waals surface area contributed by atoms with E-state index in [0.29, 0.717) is 17.8 Å². The van der Waals surface area contributed by atoms with Crippen LogP contribution in [0.15, 0.2) is 48.8 Å². The molecule has 2 fully saturated rings. The number of benzene rings is 2. The normalized spacial score (nSPS) is 20.9. The van der Waals surface area contributed by atoms with Crippen LogP contribution >= 0.6 is 0 Å². The monoisotopic (exact) mass is 454 g/mol. The van der Waals surface area contributed by atoms with E-state index < -0.39 is 0 Å². The van der Waals surface area contributed by atoms with E-state index in [1.54, 1.807) is 0 Å². The summed E-state index contributed by atoms with van der Waals surface area (Å²) >= 11 is 0. The summed E-state index contributed by atoms with van der Waals surface area (Å²) in [6.07, 6.45) is 6.05. The number of fused-ring (bicyclic) bond motifs is 1. The molecule has 0 spiro atoms. The first kappa shape index (κ1) is 22.3. The van der Waals surface area contributed by atoms with Crippen molar-refractivity contribution < 1.29 is 4.79 Å². The second kappa shape index (κ2) is 9.78. The molecule has 2 N–H and O–H groups in total. The average molecular weight is 455 g/mol. The summed E-state index contributed by atoms with van der Waals surface area (Å²) < 4.78 is 0. The number of nitrogens with one attached hydrogen (secondary N) is 2. The Balaban J connectivity index is 1.07. The van der Waals surface area contributed by atoms with Gasteiger partial charge < -0.3 is 10.6 Å². The largest absolute Gasteiger partial charge is 0.360 e. The first-order valence-electron chi connectivity index (χ1n) is 12.1. The molecule has 1 saturated carbocycles. The van der Waals surface area contributed by atoms with Gasteiger partial charge in [-0.3, -0.25) is 9.69 Å². The quantitative estimate of drug-likeness (QED) is 0.589. The van der Waals surface area contributed by atoms with E-state index in [2.05, 4.69) is 37.6 Å². The van der Waals surface area contributed by atoms with Crippen LogP contribution in [0.2, 0.25) is 0 Å². The zero-order chi connectivity index (χ0) is 23.5. The van der Waals surface area contributed by atoms with Crippen LogP contribution in [0.25, 0.3) is 10.9 Å². The summed E-state index contributed by atoms with van der Waals surface area (Å²) in [6.45, 7) is 4.04. The number of nitriles is 1. The number of aromatic nitrogens is 2. The Hall–Kier alpha value is -3.50. The molecular weight excluding hydrogens is 424 g/mol. The Labute approximate surface area is 200 Å². The molecule has 2 aromatic carbocycles. The van der Waals surface area contributed by atoms with Gasteiger partial charge in [0.2, 0.25) is 5.91 Å². The van der Waals surface area contributed by atoms with Crippen LogP contribution < -0.4 is 10.6 Å². The number of carbonyl (C=O) groups excluding carboxylic acids is 1. The molecule has 2 aliphatic rings. The number of carbonyl (C=O) groups is 1. The van der Waals surface area contributed by atoms with Crippen molar-refractivity contribution >= 4 is 22.6 Å². The number of aryl methyl sites for hydroxylation is 1. The van der Waals surface area contributed by atoms with E-state index >= 15 is 0 Å². The number of amides is 1.